The van der Waals surface area contributed by atoms with Gasteiger partial charge in [-0.25, -0.2) is 0 Å². The first-order valence-corrected chi connectivity index (χ1v) is 14.7. The number of aliphatic hydroxyl groups excluding tert-OH is 1. The van der Waals surface area contributed by atoms with Gasteiger partial charge in [-0.2, -0.15) is 0 Å². The molecule has 5 atom stereocenters. The molecule has 2 N–H and O–H groups in total. The number of benzene rings is 2. The van der Waals surface area contributed by atoms with Gasteiger partial charge in [0.2, 0.25) is 0 Å². The molecule has 1 unspecified atom stereocenters. The predicted molar refractivity (Wildman–Crippen MR) is 156 cm³/mol. The van der Waals surface area contributed by atoms with Crippen molar-refractivity contribution < 1.29 is 15.0 Å². The van der Waals surface area contributed by atoms with E-state index >= 15 is 0 Å². The molecule has 0 bridgehead atoms. The molecular weight excluding hydrogens is 480 g/mol. The van der Waals surface area contributed by atoms with Crippen LogP contribution in [-0.4, -0.2) is 28.2 Å². The van der Waals surface area contributed by atoms with Gasteiger partial charge in [-0.1, -0.05) is 90.9 Å². The minimum atomic E-state index is -0.930. The van der Waals surface area contributed by atoms with Crippen molar-refractivity contribution in [1.82, 2.24) is 0 Å². The van der Waals surface area contributed by atoms with Crippen molar-refractivity contribution in [1.29, 1.82) is 0 Å². The average Bonchev–Trinajstić information content (AvgIpc) is 3.22. The zero-order chi connectivity index (χ0) is 27.0. The Kier molecular flexibility index (Phi) is 5.60. The summed E-state index contributed by atoms with van der Waals surface area (Å²) in [4.78, 5) is 12.7. The molecule has 3 heteroatoms. The van der Waals surface area contributed by atoms with Gasteiger partial charge in [0.25, 0.3) is 0 Å². The van der Waals surface area contributed by atoms with E-state index in [-0.39, 0.29) is 29.1 Å². The molecular formula is C36H38O3. The minimum Gasteiger partial charge on any atom is -0.392 e. The topological polar surface area (TPSA) is 57.5 Å². The zero-order valence-corrected chi connectivity index (χ0v) is 22.9. The molecule has 1 fully saturated rings. The number of hydrogen-bond acceptors (Lipinski definition) is 3. The molecule has 39 heavy (non-hydrogen) atoms. The van der Waals surface area contributed by atoms with Gasteiger partial charge in [-0.05, 0) is 84.8 Å². The zero-order valence-electron chi connectivity index (χ0n) is 22.9. The van der Waals surface area contributed by atoms with Gasteiger partial charge >= 0.3 is 0 Å². The van der Waals surface area contributed by atoms with Crippen LogP contribution >= 0.6 is 0 Å². The molecule has 7 rings (SSSR count). The molecule has 3 nitrogen and oxygen atoms in total. The van der Waals surface area contributed by atoms with Gasteiger partial charge in [0.15, 0.2) is 5.78 Å². The summed E-state index contributed by atoms with van der Waals surface area (Å²) in [5.41, 5.74) is 9.63. The first kappa shape index (κ1) is 25.0. The third kappa shape index (κ3) is 3.39. The van der Waals surface area contributed by atoms with Gasteiger partial charge in [-0.3, -0.25) is 4.79 Å². The summed E-state index contributed by atoms with van der Waals surface area (Å²) in [5.74, 6) is 0.839. The monoisotopic (exact) mass is 518 g/mol. The van der Waals surface area contributed by atoms with Crippen LogP contribution in [0.3, 0.4) is 0 Å². The summed E-state index contributed by atoms with van der Waals surface area (Å²) in [6.45, 7) is 6.16. The summed E-state index contributed by atoms with van der Waals surface area (Å²) < 4.78 is 0. The van der Waals surface area contributed by atoms with Gasteiger partial charge < -0.3 is 10.2 Å². The molecule has 200 valence electrons. The molecule has 0 aromatic heterocycles. The Hall–Kier alpha value is -3.01. The Morgan fingerprint density at radius 2 is 1.90 bits per heavy atom. The number of ketones is 1. The molecule has 1 spiro atoms. The maximum atomic E-state index is 12.7. The second-order valence-electron chi connectivity index (χ2n) is 12.8. The van der Waals surface area contributed by atoms with E-state index in [4.69, 9.17) is 0 Å². The van der Waals surface area contributed by atoms with Crippen LogP contribution in [-0.2, 0) is 11.2 Å². The minimum absolute atomic E-state index is 0.0530. The highest BCUT2D eigenvalue weighted by atomic mass is 16.3. The second-order valence-corrected chi connectivity index (χ2v) is 12.8. The number of carbonyl (C=O) groups is 1. The molecule has 5 aliphatic rings. The van der Waals surface area contributed by atoms with E-state index in [0.29, 0.717) is 12.3 Å². The Morgan fingerprint density at radius 3 is 2.67 bits per heavy atom. The lowest BCUT2D eigenvalue weighted by atomic mass is 9.45. The fraction of sp³-hybridized carbons (Fsp3) is 0.417. The fourth-order valence-electron chi connectivity index (χ4n) is 9.41. The SMILES string of the molecule is C=Cc1ccc(-c2cccc3c2C[C@]24CCC(=O)C=C2CCC2=C4C3C[C@@]3(C)[C@H]2CC[C@@]3(O)/C=C\CO)cc1. The Bertz CT molecular complexity index is 1470. The maximum absolute atomic E-state index is 12.7. The normalized spacial score (nSPS) is 34.7. The van der Waals surface area contributed by atoms with Gasteiger partial charge in [0.1, 0.15) is 0 Å². The largest absolute Gasteiger partial charge is 0.392 e. The molecule has 1 saturated carbocycles. The third-order valence-electron chi connectivity index (χ3n) is 11.3. The van der Waals surface area contributed by atoms with Crippen LogP contribution in [0.2, 0.25) is 0 Å². The van der Waals surface area contributed by atoms with Crippen LogP contribution in [0, 0.1) is 16.7 Å². The average molecular weight is 519 g/mol. The lowest BCUT2D eigenvalue weighted by molar-refractivity contribution is -0.115. The summed E-state index contributed by atoms with van der Waals surface area (Å²) in [6, 6.07) is 15.5. The molecule has 2 aromatic carbocycles. The van der Waals surface area contributed by atoms with Crippen LogP contribution < -0.4 is 0 Å². The number of fused-ring (bicyclic) bond motifs is 4. The van der Waals surface area contributed by atoms with Crippen molar-refractivity contribution in [2.75, 3.05) is 6.61 Å². The van der Waals surface area contributed by atoms with E-state index in [1.807, 2.05) is 18.2 Å². The van der Waals surface area contributed by atoms with Crippen LogP contribution in [0.4, 0.5) is 0 Å². The van der Waals surface area contributed by atoms with Crippen LogP contribution in [0.15, 0.2) is 84.0 Å². The third-order valence-corrected chi connectivity index (χ3v) is 11.3. The molecule has 0 aliphatic heterocycles. The van der Waals surface area contributed by atoms with E-state index in [0.717, 1.165) is 50.5 Å². The Morgan fingerprint density at radius 1 is 1.08 bits per heavy atom. The lowest BCUT2D eigenvalue weighted by Gasteiger charge is -2.59. The first-order valence-electron chi connectivity index (χ1n) is 14.7. The Labute approximate surface area is 231 Å². The van der Waals surface area contributed by atoms with Crippen molar-refractivity contribution in [2.24, 2.45) is 16.7 Å². The summed E-state index contributed by atoms with van der Waals surface area (Å²) >= 11 is 0. The van der Waals surface area contributed by atoms with E-state index in [1.165, 1.54) is 27.8 Å². The van der Waals surface area contributed by atoms with Gasteiger partial charge in [0.05, 0.1) is 12.2 Å². The highest BCUT2D eigenvalue weighted by Gasteiger charge is 2.63. The van der Waals surface area contributed by atoms with Gasteiger partial charge in [0, 0.05) is 23.2 Å². The smallest absolute Gasteiger partial charge is 0.155 e. The fourth-order valence-corrected chi connectivity index (χ4v) is 9.41. The molecule has 0 heterocycles. The predicted octanol–water partition coefficient (Wildman–Crippen LogP) is 7.10. The number of aliphatic hydroxyl groups is 2. The van der Waals surface area contributed by atoms with E-state index in [1.54, 1.807) is 17.2 Å². The Balaban J connectivity index is 1.47. The number of allylic oxidation sites excluding steroid dienone is 4. The quantitative estimate of drug-likeness (QED) is 0.425. The molecule has 5 aliphatic carbocycles. The van der Waals surface area contributed by atoms with Crippen molar-refractivity contribution in [3.63, 3.8) is 0 Å². The molecule has 0 amide bonds. The second kappa shape index (κ2) is 8.74. The van der Waals surface area contributed by atoms with Crippen molar-refractivity contribution in [2.45, 2.75) is 69.8 Å². The molecule has 0 radical (unpaired) electrons. The van der Waals surface area contributed by atoms with Crippen molar-refractivity contribution in [3.05, 3.63) is 101 Å². The summed E-state index contributed by atoms with van der Waals surface area (Å²) in [7, 11) is 0. The van der Waals surface area contributed by atoms with Gasteiger partial charge in [-0.15, -0.1) is 0 Å². The highest BCUT2D eigenvalue weighted by molar-refractivity contribution is 5.92. The van der Waals surface area contributed by atoms with Crippen LogP contribution in [0.1, 0.15) is 74.5 Å². The first-order chi connectivity index (χ1) is 18.8. The standard InChI is InChI=1S/C36H38O3/c1-3-23-8-10-24(11-9-23)27-6-4-7-28-30(27)22-35-17-14-26(38)20-25(35)12-13-29-32-15-18-36(39,16-5-19-37)34(32,2)21-31(28)33(29)35/h3-11,16,20,31-32,37,39H,1,12-15,17-19,21-22H2,2H3/b16-5-/t31?,32-,34-,35+,36-/m0/s1. The molecule has 2 aromatic rings. The highest BCUT2D eigenvalue weighted by Crippen LogP contribution is 2.71. The summed E-state index contributed by atoms with van der Waals surface area (Å²) in [6.07, 6.45) is 14.5. The van der Waals surface area contributed by atoms with E-state index in [2.05, 4.69) is 56.0 Å². The maximum Gasteiger partial charge on any atom is 0.155 e. The van der Waals surface area contributed by atoms with E-state index < -0.39 is 5.60 Å². The number of rotatable bonds is 4. The van der Waals surface area contributed by atoms with Crippen LogP contribution in [0.25, 0.3) is 17.2 Å². The van der Waals surface area contributed by atoms with Crippen LogP contribution in [0.5, 0.6) is 0 Å². The van der Waals surface area contributed by atoms with Crippen molar-refractivity contribution in [3.8, 4) is 11.1 Å². The molecule has 0 saturated heterocycles. The number of carbonyl (C=O) groups excluding carboxylic acids is 1. The lowest BCUT2D eigenvalue weighted by Crippen LogP contribution is -2.52. The van der Waals surface area contributed by atoms with E-state index in [9.17, 15) is 15.0 Å². The van der Waals surface area contributed by atoms with Crippen molar-refractivity contribution >= 4 is 11.9 Å². The number of hydrogen-bond donors (Lipinski definition) is 2. The summed E-state index contributed by atoms with van der Waals surface area (Å²) in [5, 5.41) is 21.6.